The predicted molar refractivity (Wildman–Crippen MR) is 77.4 cm³/mol. The van der Waals surface area contributed by atoms with Gasteiger partial charge in [0.1, 0.15) is 0 Å². The molecule has 0 saturated carbocycles. The van der Waals surface area contributed by atoms with E-state index in [4.69, 9.17) is 4.74 Å². The van der Waals surface area contributed by atoms with Crippen molar-refractivity contribution in [2.75, 3.05) is 26.0 Å². The summed E-state index contributed by atoms with van der Waals surface area (Å²) >= 11 is 0. The molecule has 2 aliphatic rings. The molecule has 0 unspecified atom stereocenters. The summed E-state index contributed by atoms with van der Waals surface area (Å²) in [5.74, 6) is 0. The maximum atomic E-state index is 11.5. The Labute approximate surface area is 124 Å². The molecule has 0 radical (unpaired) electrons. The molecule has 2 aliphatic heterocycles. The van der Waals surface area contributed by atoms with Gasteiger partial charge >= 0.3 is 0 Å². The highest BCUT2D eigenvalue weighted by Gasteiger charge is 2.21. The van der Waals surface area contributed by atoms with Crippen LogP contribution in [0.5, 0.6) is 0 Å². The molecule has 114 valence electrons. The average Bonchev–Trinajstić information content (AvgIpc) is 2.47. The Morgan fingerprint density at radius 3 is 2.95 bits per heavy atom. The molecule has 0 N–H and O–H groups in total. The quantitative estimate of drug-likeness (QED) is 0.774. The van der Waals surface area contributed by atoms with Crippen LogP contribution in [0.3, 0.4) is 0 Å². The predicted octanol–water partition coefficient (Wildman–Crippen LogP) is 0.932. The Kier molecular flexibility index (Phi) is 3.95. The first-order valence-corrected chi connectivity index (χ1v) is 8.98. The molecule has 3 rings (SSSR count). The van der Waals surface area contributed by atoms with Gasteiger partial charge in [0, 0.05) is 44.1 Å². The zero-order valence-electron chi connectivity index (χ0n) is 12.1. The number of nitrogens with zero attached hydrogens (tertiary/aromatic N) is 3. The van der Waals surface area contributed by atoms with Crippen molar-refractivity contribution >= 4 is 9.84 Å². The standard InChI is InChI=1S/C14H19N3O3S/c1-21(18,19)14-15-7-12-9-17(5-4-13(12)16-14)8-11-3-2-6-20-10-11/h7,10H,2-6,8-9H2,1H3. The zero-order chi connectivity index (χ0) is 14.9. The molecule has 0 amide bonds. The zero-order valence-corrected chi connectivity index (χ0v) is 12.9. The highest BCUT2D eigenvalue weighted by Crippen LogP contribution is 2.20. The third-order valence-corrected chi connectivity index (χ3v) is 4.62. The largest absolute Gasteiger partial charge is 0.501 e. The normalized spacial score (nSPS) is 19.6. The van der Waals surface area contributed by atoms with Gasteiger partial charge < -0.3 is 4.74 Å². The van der Waals surface area contributed by atoms with Gasteiger partial charge in [-0.3, -0.25) is 4.90 Å². The number of fused-ring (bicyclic) bond motifs is 1. The van der Waals surface area contributed by atoms with Crippen LogP contribution in [0.15, 0.2) is 23.2 Å². The van der Waals surface area contributed by atoms with Gasteiger partial charge in [0.15, 0.2) is 0 Å². The van der Waals surface area contributed by atoms with Crippen LogP contribution in [0, 0.1) is 0 Å². The summed E-state index contributed by atoms with van der Waals surface area (Å²) in [4.78, 5) is 10.5. The lowest BCUT2D eigenvalue weighted by atomic mass is 10.1. The van der Waals surface area contributed by atoms with Gasteiger partial charge in [0.05, 0.1) is 18.6 Å². The third kappa shape index (κ3) is 3.41. The van der Waals surface area contributed by atoms with E-state index in [2.05, 4.69) is 14.9 Å². The monoisotopic (exact) mass is 309 g/mol. The van der Waals surface area contributed by atoms with Gasteiger partial charge in [-0.15, -0.1) is 0 Å². The molecular formula is C14H19N3O3S. The average molecular weight is 309 g/mol. The molecule has 0 aliphatic carbocycles. The SMILES string of the molecule is CS(=O)(=O)c1ncc2c(n1)CCN(CC1=COCCC1)C2. The van der Waals surface area contributed by atoms with E-state index in [1.165, 1.54) is 5.57 Å². The van der Waals surface area contributed by atoms with E-state index in [0.717, 1.165) is 63.0 Å². The van der Waals surface area contributed by atoms with Crippen molar-refractivity contribution < 1.29 is 13.2 Å². The second-order valence-corrected chi connectivity index (χ2v) is 7.52. The molecule has 6 nitrogen and oxygen atoms in total. The van der Waals surface area contributed by atoms with Crippen molar-refractivity contribution in [3.63, 3.8) is 0 Å². The van der Waals surface area contributed by atoms with Crippen LogP contribution >= 0.6 is 0 Å². The number of sulfone groups is 1. The number of rotatable bonds is 3. The summed E-state index contributed by atoms with van der Waals surface area (Å²) in [6.07, 6.45) is 7.59. The molecule has 3 heterocycles. The Hall–Kier alpha value is -1.47. The van der Waals surface area contributed by atoms with Gasteiger partial charge in [0.2, 0.25) is 15.0 Å². The van der Waals surface area contributed by atoms with Crippen molar-refractivity contribution in [1.29, 1.82) is 0 Å². The Balaban J connectivity index is 1.72. The first-order chi connectivity index (χ1) is 10.0. The fraction of sp³-hybridized carbons (Fsp3) is 0.571. The van der Waals surface area contributed by atoms with Gasteiger partial charge in [-0.1, -0.05) is 0 Å². The van der Waals surface area contributed by atoms with E-state index < -0.39 is 9.84 Å². The molecular weight excluding hydrogens is 290 g/mol. The van der Waals surface area contributed by atoms with Gasteiger partial charge in [0.25, 0.3) is 0 Å². The highest BCUT2D eigenvalue weighted by atomic mass is 32.2. The van der Waals surface area contributed by atoms with Crippen molar-refractivity contribution in [1.82, 2.24) is 14.9 Å². The Morgan fingerprint density at radius 1 is 1.38 bits per heavy atom. The van der Waals surface area contributed by atoms with Gasteiger partial charge in [-0.25, -0.2) is 18.4 Å². The molecule has 0 spiro atoms. The van der Waals surface area contributed by atoms with Crippen LogP contribution in [0.25, 0.3) is 0 Å². The fourth-order valence-corrected chi connectivity index (χ4v) is 3.21. The Bertz CT molecular complexity index is 670. The van der Waals surface area contributed by atoms with E-state index in [9.17, 15) is 8.42 Å². The number of hydrogen-bond acceptors (Lipinski definition) is 6. The maximum Gasteiger partial charge on any atom is 0.246 e. The lowest BCUT2D eigenvalue weighted by Crippen LogP contribution is -2.33. The number of ether oxygens (including phenoxy) is 1. The molecule has 0 aromatic carbocycles. The fourth-order valence-electron chi connectivity index (χ4n) is 2.69. The van der Waals surface area contributed by atoms with Crippen molar-refractivity contribution in [2.24, 2.45) is 0 Å². The van der Waals surface area contributed by atoms with Crippen LogP contribution in [-0.2, 0) is 27.5 Å². The molecule has 21 heavy (non-hydrogen) atoms. The molecule has 1 aromatic rings. The smallest absolute Gasteiger partial charge is 0.246 e. The van der Waals surface area contributed by atoms with E-state index in [1.54, 1.807) is 6.20 Å². The number of aromatic nitrogens is 2. The van der Waals surface area contributed by atoms with E-state index in [0.29, 0.717) is 0 Å². The first-order valence-electron chi connectivity index (χ1n) is 7.09. The van der Waals surface area contributed by atoms with E-state index in [-0.39, 0.29) is 5.16 Å². The summed E-state index contributed by atoms with van der Waals surface area (Å²) in [5, 5.41) is -0.0712. The molecule has 0 saturated heterocycles. The third-order valence-electron chi connectivity index (χ3n) is 3.76. The van der Waals surface area contributed by atoms with Crippen LogP contribution < -0.4 is 0 Å². The van der Waals surface area contributed by atoms with Crippen LogP contribution in [-0.4, -0.2) is 49.2 Å². The minimum Gasteiger partial charge on any atom is -0.501 e. The van der Waals surface area contributed by atoms with E-state index in [1.807, 2.05) is 6.26 Å². The van der Waals surface area contributed by atoms with Crippen LogP contribution in [0.1, 0.15) is 24.1 Å². The summed E-state index contributed by atoms with van der Waals surface area (Å²) < 4.78 is 28.3. The highest BCUT2D eigenvalue weighted by molar-refractivity contribution is 7.90. The minimum atomic E-state index is -3.33. The lowest BCUT2D eigenvalue weighted by Gasteiger charge is -2.29. The summed E-state index contributed by atoms with van der Waals surface area (Å²) in [7, 11) is -3.33. The van der Waals surface area contributed by atoms with Crippen molar-refractivity contribution in [3.05, 3.63) is 29.3 Å². The van der Waals surface area contributed by atoms with Crippen LogP contribution in [0.2, 0.25) is 0 Å². The molecule has 0 fully saturated rings. The second kappa shape index (κ2) is 5.73. The van der Waals surface area contributed by atoms with E-state index >= 15 is 0 Å². The molecule has 0 atom stereocenters. The maximum absolute atomic E-state index is 11.5. The topological polar surface area (TPSA) is 72.4 Å². The second-order valence-electron chi connectivity index (χ2n) is 5.61. The molecule has 1 aromatic heterocycles. The number of hydrogen-bond donors (Lipinski definition) is 0. The van der Waals surface area contributed by atoms with Gasteiger partial charge in [-0.2, -0.15) is 0 Å². The van der Waals surface area contributed by atoms with Gasteiger partial charge in [-0.05, 0) is 18.4 Å². The molecule has 7 heteroatoms. The first kappa shape index (κ1) is 14.5. The Morgan fingerprint density at radius 2 is 2.24 bits per heavy atom. The summed E-state index contributed by atoms with van der Waals surface area (Å²) in [6, 6.07) is 0. The van der Waals surface area contributed by atoms with Crippen LogP contribution in [0.4, 0.5) is 0 Å². The lowest BCUT2D eigenvalue weighted by molar-refractivity contribution is 0.208. The summed E-state index contributed by atoms with van der Waals surface area (Å²) in [5.41, 5.74) is 3.19. The van der Waals surface area contributed by atoms with Crippen molar-refractivity contribution in [2.45, 2.75) is 31.0 Å². The minimum absolute atomic E-state index is 0.0712. The summed E-state index contributed by atoms with van der Waals surface area (Å²) in [6.45, 7) is 3.35. The van der Waals surface area contributed by atoms with Crippen molar-refractivity contribution in [3.8, 4) is 0 Å². The molecule has 0 bridgehead atoms.